The van der Waals surface area contributed by atoms with Crippen LogP contribution < -0.4 is 5.32 Å². The zero-order valence-electron chi connectivity index (χ0n) is 11.8. The maximum absolute atomic E-state index is 12.3. The molecule has 0 aromatic heterocycles. The molecule has 1 aliphatic heterocycles. The van der Waals surface area contributed by atoms with Crippen molar-refractivity contribution >= 4 is 17.5 Å². The van der Waals surface area contributed by atoms with E-state index in [9.17, 15) is 9.59 Å². The number of likely N-dealkylation sites (tertiary alicyclic amines) is 1. The number of rotatable bonds is 3. The average Bonchev–Trinajstić information content (AvgIpc) is 2.71. The number of fused-ring (bicyclic) bond motifs is 1. The smallest absolute Gasteiger partial charge is 0.234 e. The first-order chi connectivity index (χ1) is 9.66. The zero-order valence-corrected chi connectivity index (χ0v) is 11.8. The third-order valence-corrected chi connectivity index (χ3v) is 4.43. The Balaban J connectivity index is 1.66. The normalized spacial score (nSPS) is 25.8. The Morgan fingerprint density at radius 2 is 1.60 bits per heavy atom. The number of nitrogens with one attached hydrogen (secondary N) is 1. The van der Waals surface area contributed by atoms with Gasteiger partial charge in [-0.3, -0.25) is 14.5 Å². The van der Waals surface area contributed by atoms with Gasteiger partial charge in [0, 0.05) is 5.69 Å². The summed E-state index contributed by atoms with van der Waals surface area (Å²) in [6.07, 6.45) is 3.88. The predicted molar refractivity (Wildman–Crippen MR) is 77.0 cm³/mol. The number of benzene rings is 1. The molecule has 0 unspecified atom stereocenters. The molecule has 2 amide bonds. The summed E-state index contributed by atoms with van der Waals surface area (Å²) in [7, 11) is 0. The van der Waals surface area contributed by atoms with Crippen molar-refractivity contribution in [3.63, 3.8) is 0 Å². The van der Waals surface area contributed by atoms with Gasteiger partial charge in [0.15, 0.2) is 0 Å². The van der Waals surface area contributed by atoms with Gasteiger partial charge in [-0.2, -0.15) is 0 Å². The van der Waals surface area contributed by atoms with Crippen LogP contribution in [-0.4, -0.2) is 23.4 Å². The second-order valence-corrected chi connectivity index (χ2v) is 5.80. The fourth-order valence-corrected chi connectivity index (χ4v) is 3.23. The van der Waals surface area contributed by atoms with Crippen LogP contribution in [-0.2, 0) is 9.59 Å². The summed E-state index contributed by atoms with van der Waals surface area (Å²) in [6, 6.07) is 7.95. The number of anilines is 1. The van der Waals surface area contributed by atoms with Crippen molar-refractivity contribution in [1.82, 2.24) is 4.90 Å². The van der Waals surface area contributed by atoms with Crippen LogP contribution in [0.4, 0.5) is 5.69 Å². The molecular formula is C16H20N2O2. The Labute approximate surface area is 119 Å². The minimum atomic E-state index is -0.0592. The Kier molecular flexibility index (Phi) is 3.47. The molecule has 1 heterocycles. The fourth-order valence-electron chi connectivity index (χ4n) is 3.23. The van der Waals surface area contributed by atoms with Crippen LogP contribution in [0.2, 0.25) is 0 Å². The van der Waals surface area contributed by atoms with Gasteiger partial charge >= 0.3 is 0 Å². The molecule has 106 valence electrons. The number of carbonyl (C=O) groups is 2. The number of hydrogen-bond donors (Lipinski definition) is 1. The second-order valence-electron chi connectivity index (χ2n) is 5.80. The van der Waals surface area contributed by atoms with E-state index < -0.39 is 0 Å². The van der Waals surface area contributed by atoms with E-state index in [1.807, 2.05) is 31.2 Å². The van der Waals surface area contributed by atoms with Gasteiger partial charge in [0.05, 0.1) is 18.5 Å². The second kappa shape index (κ2) is 5.27. The van der Waals surface area contributed by atoms with E-state index in [0.29, 0.717) is 0 Å². The molecular weight excluding hydrogens is 252 g/mol. The van der Waals surface area contributed by atoms with E-state index in [2.05, 4.69) is 5.32 Å². The number of amides is 2. The number of imide groups is 1. The third-order valence-electron chi connectivity index (χ3n) is 4.43. The summed E-state index contributed by atoms with van der Waals surface area (Å²) in [5.74, 6) is -0.0919. The van der Waals surface area contributed by atoms with Gasteiger partial charge in [-0.05, 0) is 31.9 Å². The largest absolute Gasteiger partial charge is 0.367 e. The highest BCUT2D eigenvalue weighted by Crippen LogP contribution is 2.37. The number of hydrogen-bond acceptors (Lipinski definition) is 3. The minimum absolute atomic E-state index is 0.0133. The first-order valence-electron chi connectivity index (χ1n) is 7.32. The Bertz CT molecular complexity index is 500. The molecule has 0 radical (unpaired) electrons. The van der Waals surface area contributed by atoms with Crippen molar-refractivity contribution in [2.45, 2.75) is 32.6 Å². The van der Waals surface area contributed by atoms with Gasteiger partial charge in [0.2, 0.25) is 11.8 Å². The van der Waals surface area contributed by atoms with E-state index in [4.69, 9.17) is 0 Å². The van der Waals surface area contributed by atoms with Crippen molar-refractivity contribution in [1.29, 1.82) is 0 Å². The fraction of sp³-hybridized carbons (Fsp3) is 0.500. The van der Waals surface area contributed by atoms with Crippen molar-refractivity contribution in [2.24, 2.45) is 11.8 Å². The lowest BCUT2D eigenvalue weighted by Gasteiger charge is -2.19. The molecule has 4 nitrogen and oxygen atoms in total. The lowest BCUT2D eigenvalue weighted by molar-refractivity contribution is -0.139. The van der Waals surface area contributed by atoms with E-state index >= 15 is 0 Å². The molecule has 0 bridgehead atoms. The molecule has 2 atom stereocenters. The van der Waals surface area contributed by atoms with Crippen LogP contribution in [0.1, 0.15) is 31.2 Å². The summed E-state index contributed by atoms with van der Waals surface area (Å²) >= 11 is 0. The molecule has 0 spiro atoms. The van der Waals surface area contributed by atoms with E-state index in [0.717, 1.165) is 31.4 Å². The molecule has 3 rings (SSSR count). The van der Waals surface area contributed by atoms with E-state index in [1.165, 1.54) is 10.5 Å². The number of nitrogens with zero attached hydrogens (tertiary/aromatic N) is 1. The van der Waals surface area contributed by atoms with Crippen molar-refractivity contribution in [2.75, 3.05) is 12.0 Å². The van der Waals surface area contributed by atoms with Crippen LogP contribution >= 0.6 is 0 Å². The predicted octanol–water partition coefficient (Wildman–Crippen LogP) is 2.54. The van der Waals surface area contributed by atoms with Gasteiger partial charge in [-0.15, -0.1) is 0 Å². The van der Waals surface area contributed by atoms with Gasteiger partial charge in [-0.25, -0.2) is 0 Å². The number of carbonyl (C=O) groups excluding carboxylic acids is 2. The summed E-state index contributed by atoms with van der Waals surface area (Å²) in [5, 5.41) is 3.17. The molecule has 1 saturated carbocycles. The van der Waals surface area contributed by atoms with Crippen molar-refractivity contribution < 1.29 is 9.59 Å². The van der Waals surface area contributed by atoms with E-state index in [-0.39, 0.29) is 30.3 Å². The Hall–Kier alpha value is -1.84. The summed E-state index contributed by atoms with van der Waals surface area (Å²) < 4.78 is 0. The highest BCUT2D eigenvalue weighted by molar-refractivity contribution is 6.05. The molecule has 20 heavy (non-hydrogen) atoms. The van der Waals surface area contributed by atoms with Gasteiger partial charge in [-0.1, -0.05) is 30.5 Å². The Morgan fingerprint density at radius 1 is 1.05 bits per heavy atom. The lowest BCUT2D eigenvalue weighted by Crippen LogP contribution is -2.35. The SMILES string of the molecule is Cc1ccc(NCN2C(=O)[C@H]3CCCC[C@H]3C2=O)cc1. The Morgan fingerprint density at radius 3 is 2.15 bits per heavy atom. The molecule has 4 heteroatoms. The molecule has 1 saturated heterocycles. The van der Waals surface area contributed by atoms with Crippen molar-refractivity contribution in [3.8, 4) is 0 Å². The van der Waals surface area contributed by atoms with Crippen molar-refractivity contribution in [3.05, 3.63) is 29.8 Å². The molecule has 2 fully saturated rings. The minimum Gasteiger partial charge on any atom is -0.367 e. The van der Waals surface area contributed by atoms with Gasteiger partial charge in [0.1, 0.15) is 0 Å². The van der Waals surface area contributed by atoms with Crippen LogP contribution in [0.25, 0.3) is 0 Å². The van der Waals surface area contributed by atoms with Crippen LogP contribution in [0.5, 0.6) is 0 Å². The average molecular weight is 272 g/mol. The monoisotopic (exact) mass is 272 g/mol. The van der Waals surface area contributed by atoms with Gasteiger partial charge < -0.3 is 5.32 Å². The first kappa shape index (κ1) is 13.2. The maximum Gasteiger partial charge on any atom is 0.234 e. The summed E-state index contributed by atoms with van der Waals surface area (Å²) in [5.41, 5.74) is 2.13. The zero-order chi connectivity index (χ0) is 14.1. The summed E-state index contributed by atoms with van der Waals surface area (Å²) in [4.78, 5) is 26.0. The molecule has 1 aliphatic carbocycles. The maximum atomic E-state index is 12.3. The molecule has 1 aromatic carbocycles. The van der Waals surface area contributed by atoms with Crippen LogP contribution in [0.15, 0.2) is 24.3 Å². The molecule has 1 N–H and O–H groups in total. The highest BCUT2D eigenvalue weighted by Gasteiger charge is 2.47. The topological polar surface area (TPSA) is 49.4 Å². The van der Waals surface area contributed by atoms with Crippen LogP contribution in [0, 0.1) is 18.8 Å². The number of aryl methyl sites for hydroxylation is 1. The lowest BCUT2D eigenvalue weighted by atomic mass is 9.81. The first-order valence-corrected chi connectivity index (χ1v) is 7.32. The molecule has 2 aliphatic rings. The van der Waals surface area contributed by atoms with Crippen LogP contribution in [0.3, 0.4) is 0 Å². The van der Waals surface area contributed by atoms with E-state index in [1.54, 1.807) is 0 Å². The summed E-state index contributed by atoms with van der Waals surface area (Å²) in [6.45, 7) is 2.32. The standard InChI is InChI=1S/C16H20N2O2/c1-11-6-8-12(9-7-11)17-10-18-15(19)13-4-2-3-5-14(13)16(18)20/h6-9,13-14,17H,2-5,10H2,1H3/t13-,14+. The third kappa shape index (κ3) is 2.30. The highest BCUT2D eigenvalue weighted by atomic mass is 16.2. The quantitative estimate of drug-likeness (QED) is 0.860. The molecule has 1 aromatic rings. The van der Waals surface area contributed by atoms with Gasteiger partial charge in [0.25, 0.3) is 0 Å².